The van der Waals surface area contributed by atoms with Crippen LogP contribution in [0.3, 0.4) is 0 Å². The Bertz CT molecular complexity index is 1250. The van der Waals surface area contributed by atoms with Crippen LogP contribution in [0.4, 0.5) is 4.79 Å². The molecule has 2 amide bonds. The zero-order valence-electron chi connectivity index (χ0n) is 23.3. The predicted octanol–water partition coefficient (Wildman–Crippen LogP) is 3.30. The van der Waals surface area contributed by atoms with Crippen LogP contribution in [0, 0.1) is 5.41 Å². The number of fused-ring (bicyclic) bond motifs is 1. The van der Waals surface area contributed by atoms with Crippen molar-refractivity contribution in [2.45, 2.75) is 69.4 Å². The van der Waals surface area contributed by atoms with Gasteiger partial charge in [0.1, 0.15) is 28.4 Å². The van der Waals surface area contributed by atoms with Crippen LogP contribution in [-0.4, -0.2) is 96.7 Å². The summed E-state index contributed by atoms with van der Waals surface area (Å²) in [6, 6.07) is -0.699. The second-order valence-electron chi connectivity index (χ2n) is 10.3. The summed E-state index contributed by atoms with van der Waals surface area (Å²) in [4.78, 5) is 54.3. The minimum atomic E-state index is -1.29. The molecule has 2 fully saturated rings. The van der Waals surface area contributed by atoms with Crippen LogP contribution in [-0.2, 0) is 23.9 Å². The number of thioether (sulfide) groups is 2. The summed E-state index contributed by atoms with van der Waals surface area (Å²) < 4.78 is 11.9. The minimum absolute atomic E-state index is 0.0126. The number of rotatable bonds is 10. The molecule has 4 rings (SSSR count). The molecule has 0 radical (unpaired) electrons. The van der Waals surface area contributed by atoms with E-state index in [1.54, 1.807) is 9.80 Å². The number of carboxylic acids is 1. The Morgan fingerprint density at radius 2 is 2.08 bits per heavy atom. The summed E-state index contributed by atoms with van der Waals surface area (Å²) in [6.45, 7) is 7.74. The molecule has 0 spiro atoms. The molecule has 2 aliphatic heterocycles. The van der Waals surface area contributed by atoms with Gasteiger partial charge in [-0.3, -0.25) is 14.4 Å². The van der Waals surface area contributed by atoms with E-state index in [1.165, 1.54) is 30.4 Å². The highest BCUT2D eigenvalue weighted by Gasteiger charge is 2.59. The number of allylic oxidation sites excluding steroid dienone is 3. The molecule has 0 saturated carbocycles. The van der Waals surface area contributed by atoms with Crippen molar-refractivity contribution in [3.8, 4) is 0 Å². The summed E-state index contributed by atoms with van der Waals surface area (Å²) in [7, 11) is 1.26. The molecule has 14 heteroatoms. The van der Waals surface area contributed by atoms with Gasteiger partial charge in [-0.15, -0.1) is 22.0 Å². The molecular weight excluding hydrogens is 558 g/mol. The first kappa shape index (κ1) is 30.0. The molecular formula is C26H35N5O7S2. The summed E-state index contributed by atoms with van der Waals surface area (Å²) in [5, 5.41) is 18.4. The number of aromatic nitrogens is 3. The molecule has 1 aromatic rings. The van der Waals surface area contributed by atoms with E-state index < -0.39 is 23.5 Å². The van der Waals surface area contributed by atoms with E-state index in [0.717, 1.165) is 23.9 Å². The number of hydrogen-bond donors (Lipinski definition) is 1. The maximum Gasteiger partial charge on any atom is 0.421 e. The number of β-lactam (4-membered cyclic amide) rings is 1. The third-order valence-corrected chi connectivity index (χ3v) is 9.83. The molecule has 0 bridgehead atoms. The standard InChI is InChI=1S/C26H35N5O7S2/c1-6-10-38-18-9-7-8-17(11-18)30(16(4)32)19-21(33)29-12-26(23(34)35,13-39-22(19)29)14-40-24-28-27-20(15(2)3)31(24)25(36)37-5/h9,11,15,19,22H,6-8,10,12-14H2,1-5H3,(H,34,35)/t19?,22-,26?/m1/s1. The molecule has 218 valence electrons. The molecule has 3 heterocycles. The summed E-state index contributed by atoms with van der Waals surface area (Å²) >= 11 is 2.45. The Morgan fingerprint density at radius 3 is 2.70 bits per heavy atom. The van der Waals surface area contributed by atoms with Crippen molar-refractivity contribution in [1.82, 2.24) is 24.6 Å². The van der Waals surface area contributed by atoms with Crippen molar-refractivity contribution in [3.63, 3.8) is 0 Å². The van der Waals surface area contributed by atoms with Crippen molar-refractivity contribution in [2.24, 2.45) is 5.41 Å². The van der Waals surface area contributed by atoms with Crippen molar-refractivity contribution in [3.05, 3.63) is 29.4 Å². The van der Waals surface area contributed by atoms with Crippen LogP contribution < -0.4 is 0 Å². The van der Waals surface area contributed by atoms with Gasteiger partial charge < -0.3 is 24.4 Å². The van der Waals surface area contributed by atoms with Gasteiger partial charge in [0.2, 0.25) is 17.0 Å². The number of carboxylic acid groups (broad SMARTS) is 1. The van der Waals surface area contributed by atoms with E-state index in [2.05, 4.69) is 10.2 Å². The highest BCUT2D eigenvalue weighted by atomic mass is 32.2. The average Bonchev–Trinajstić information content (AvgIpc) is 3.37. The third-order valence-electron chi connectivity index (χ3n) is 7.03. The van der Waals surface area contributed by atoms with Gasteiger partial charge in [0, 0.05) is 36.6 Å². The number of methoxy groups -OCH3 is 1. The maximum atomic E-state index is 13.4. The molecule has 3 atom stereocenters. The Balaban J connectivity index is 1.51. The second-order valence-corrected chi connectivity index (χ2v) is 12.4. The Kier molecular flexibility index (Phi) is 9.18. The average molecular weight is 594 g/mol. The van der Waals surface area contributed by atoms with Crippen LogP contribution in [0.2, 0.25) is 0 Å². The van der Waals surface area contributed by atoms with Gasteiger partial charge in [-0.25, -0.2) is 9.36 Å². The largest absolute Gasteiger partial charge is 0.494 e. The van der Waals surface area contributed by atoms with Crippen molar-refractivity contribution >= 4 is 47.4 Å². The van der Waals surface area contributed by atoms with Crippen LogP contribution in [0.25, 0.3) is 0 Å². The monoisotopic (exact) mass is 593 g/mol. The topological polar surface area (TPSA) is 144 Å². The lowest BCUT2D eigenvalue weighted by Crippen LogP contribution is -2.74. The summed E-state index contributed by atoms with van der Waals surface area (Å²) in [5.41, 5.74) is -0.555. The van der Waals surface area contributed by atoms with Gasteiger partial charge in [-0.2, -0.15) is 0 Å². The molecule has 12 nitrogen and oxygen atoms in total. The third kappa shape index (κ3) is 5.60. The normalized spacial score (nSPS) is 24.1. The Morgan fingerprint density at radius 1 is 1.32 bits per heavy atom. The van der Waals surface area contributed by atoms with Crippen molar-refractivity contribution in [1.29, 1.82) is 0 Å². The lowest BCUT2D eigenvalue weighted by molar-refractivity contribution is -0.163. The lowest BCUT2D eigenvalue weighted by atomic mass is 9.88. The fourth-order valence-electron chi connectivity index (χ4n) is 4.95. The van der Waals surface area contributed by atoms with Crippen LogP contribution >= 0.6 is 23.5 Å². The van der Waals surface area contributed by atoms with E-state index >= 15 is 0 Å². The number of nitrogens with zero attached hydrogens (tertiary/aromatic N) is 5. The molecule has 1 aliphatic carbocycles. The van der Waals surface area contributed by atoms with E-state index in [9.17, 15) is 24.3 Å². The minimum Gasteiger partial charge on any atom is -0.494 e. The molecule has 2 saturated heterocycles. The first-order chi connectivity index (χ1) is 19.0. The van der Waals surface area contributed by atoms with Crippen LogP contribution in [0.5, 0.6) is 0 Å². The fourth-order valence-corrected chi connectivity index (χ4v) is 7.78. The SMILES string of the molecule is CCCOC1=CCCC(N(C(C)=O)C2C(=O)N3CC(CSc4nnc(C(C)C)n4C(=O)OC)(C(=O)O)CS[C@H]23)=C1. The lowest BCUT2D eigenvalue weighted by Gasteiger charge is -2.56. The van der Waals surface area contributed by atoms with Crippen LogP contribution in [0.1, 0.15) is 58.7 Å². The van der Waals surface area contributed by atoms with Gasteiger partial charge >= 0.3 is 12.1 Å². The fraction of sp³-hybridized carbons (Fsp3) is 0.615. The highest BCUT2D eigenvalue weighted by Crippen LogP contribution is 2.47. The molecule has 0 aromatic carbocycles. The maximum absolute atomic E-state index is 13.4. The van der Waals surface area contributed by atoms with E-state index in [1.807, 2.05) is 32.9 Å². The number of hydrogen-bond acceptors (Lipinski definition) is 10. The van der Waals surface area contributed by atoms with E-state index in [0.29, 0.717) is 31.0 Å². The number of amides is 2. The predicted molar refractivity (Wildman–Crippen MR) is 149 cm³/mol. The number of carbonyl (C=O) groups is 4. The number of carbonyl (C=O) groups excluding carboxylic acids is 3. The Labute approximate surface area is 241 Å². The molecule has 1 N–H and O–H groups in total. The number of ether oxygens (including phenoxy) is 2. The summed E-state index contributed by atoms with van der Waals surface area (Å²) in [5.74, 6) is -0.285. The smallest absolute Gasteiger partial charge is 0.421 e. The molecule has 1 aromatic heterocycles. The first-order valence-corrected chi connectivity index (χ1v) is 15.2. The zero-order chi connectivity index (χ0) is 29.2. The van der Waals surface area contributed by atoms with E-state index in [4.69, 9.17) is 9.47 Å². The zero-order valence-corrected chi connectivity index (χ0v) is 24.9. The highest BCUT2D eigenvalue weighted by molar-refractivity contribution is 8.00. The molecule has 3 aliphatic rings. The molecule has 40 heavy (non-hydrogen) atoms. The van der Waals surface area contributed by atoms with Gasteiger partial charge in [0.15, 0.2) is 0 Å². The van der Waals surface area contributed by atoms with Gasteiger partial charge in [0.25, 0.3) is 0 Å². The van der Waals surface area contributed by atoms with Gasteiger partial charge in [-0.05, 0) is 31.4 Å². The summed E-state index contributed by atoms with van der Waals surface area (Å²) in [6.07, 6.45) is 5.31. The van der Waals surface area contributed by atoms with E-state index in [-0.39, 0.29) is 46.3 Å². The van der Waals surface area contributed by atoms with Crippen LogP contribution in [0.15, 0.2) is 28.8 Å². The number of aliphatic carboxylic acids is 1. The van der Waals surface area contributed by atoms with Gasteiger partial charge in [-0.1, -0.05) is 32.5 Å². The van der Waals surface area contributed by atoms with Crippen molar-refractivity contribution in [2.75, 3.05) is 31.8 Å². The quantitative estimate of drug-likeness (QED) is 0.315. The molecule has 2 unspecified atom stereocenters. The Hall–Kier alpha value is -3.00. The first-order valence-electron chi connectivity index (χ1n) is 13.2. The van der Waals surface area contributed by atoms with Gasteiger partial charge in [0.05, 0.1) is 13.7 Å². The van der Waals surface area contributed by atoms with Crippen molar-refractivity contribution < 1.29 is 33.8 Å². The second kappa shape index (κ2) is 12.2.